The predicted molar refractivity (Wildman–Crippen MR) is 48.8 cm³/mol. The highest BCUT2D eigenvalue weighted by molar-refractivity contribution is 6.31. The van der Waals surface area contributed by atoms with Gasteiger partial charge in [-0.1, -0.05) is 17.7 Å². The Morgan fingerprint density at radius 3 is 2.75 bits per heavy atom. The Morgan fingerprint density at radius 1 is 1.58 bits per heavy atom. The zero-order valence-corrected chi connectivity index (χ0v) is 7.61. The van der Waals surface area contributed by atoms with E-state index in [1.54, 1.807) is 6.07 Å². The van der Waals surface area contributed by atoms with E-state index >= 15 is 0 Å². The number of halogens is 2. The van der Waals surface area contributed by atoms with Crippen molar-refractivity contribution < 1.29 is 4.39 Å². The maximum Gasteiger partial charge on any atom is 0.124 e. The summed E-state index contributed by atoms with van der Waals surface area (Å²) in [6.07, 6.45) is 0.680. The molecule has 0 aliphatic heterocycles. The van der Waals surface area contributed by atoms with Gasteiger partial charge in [-0.05, 0) is 31.0 Å². The molecule has 0 aliphatic rings. The molecule has 0 saturated carbocycles. The molecule has 12 heavy (non-hydrogen) atoms. The van der Waals surface area contributed by atoms with Crippen molar-refractivity contribution in [3.63, 3.8) is 0 Å². The lowest BCUT2D eigenvalue weighted by atomic mass is 10.1. The minimum atomic E-state index is -0.312. The van der Waals surface area contributed by atoms with E-state index in [0.29, 0.717) is 11.4 Å². The summed E-state index contributed by atoms with van der Waals surface area (Å²) in [5.41, 5.74) is 6.48. The Labute approximate surface area is 76.3 Å². The van der Waals surface area contributed by atoms with Crippen LogP contribution in [0.4, 0.5) is 4.39 Å². The van der Waals surface area contributed by atoms with Crippen molar-refractivity contribution in [1.82, 2.24) is 0 Å². The van der Waals surface area contributed by atoms with Gasteiger partial charge in [0.15, 0.2) is 0 Å². The Kier molecular flexibility index (Phi) is 3.06. The van der Waals surface area contributed by atoms with E-state index in [1.165, 1.54) is 12.1 Å². The fourth-order valence-corrected chi connectivity index (χ4v) is 1.28. The molecule has 0 aromatic heterocycles. The molecule has 0 unspecified atom stereocenters. The first kappa shape index (κ1) is 9.49. The largest absolute Gasteiger partial charge is 0.328 e. The molecular weight excluding hydrogens is 177 g/mol. The van der Waals surface area contributed by atoms with Crippen molar-refractivity contribution in [2.24, 2.45) is 5.73 Å². The average Bonchev–Trinajstić information content (AvgIpc) is 1.94. The normalized spacial score (nSPS) is 13.0. The number of hydrogen-bond acceptors (Lipinski definition) is 1. The first-order chi connectivity index (χ1) is 5.59. The van der Waals surface area contributed by atoms with Crippen LogP contribution in [0, 0.1) is 5.82 Å². The van der Waals surface area contributed by atoms with Crippen LogP contribution in [0.25, 0.3) is 0 Å². The summed E-state index contributed by atoms with van der Waals surface area (Å²) in [7, 11) is 0. The van der Waals surface area contributed by atoms with Crippen molar-refractivity contribution in [3.05, 3.63) is 34.6 Å². The Morgan fingerprint density at radius 2 is 2.25 bits per heavy atom. The number of hydrogen-bond donors (Lipinski definition) is 1. The van der Waals surface area contributed by atoms with Gasteiger partial charge in [-0.25, -0.2) is 4.39 Å². The molecule has 1 aromatic rings. The molecule has 1 nitrogen and oxygen atoms in total. The zero-order valence-electron chi connectivity index (χ0n) is 6.85. The predicted octanol–water partition coefficient (Wildman–Crippen LogP) is 2.37. The smallest absolute Gasteiger partial charge is 0.124 e. The van der Waals surface area contributed by atoms with Crippen molar-refractivity contribution in [2.75, 3.05) is 0 Å². The summed E-state index contributed by atoms with van der Waals surface area (Å²) in [4.78, 5) is 0. The van der Waals surface area contributed by atoms with Crippen LogP contribution >= 0.6 is 11.6 Å². The summed E-state index contributed by atoms with van der Waals surface area (Å²) < 4.78 is 12.6. The molecule has 3 heteroatoms. The Bertz CT molecular complexity index is 273. The molecule has 1 rings (SSSR count). The lowest BCUT2D eigenvalue weighted by Gasteiger charge is -2.06. The molecule has 0 saturated heterocycles. The van der Waals surface area contributed by atoms with Crippen molar-refractivity contribution in [2.45, 2.75) is 19.4 Å². The van der Waals surface area contributed by atoms with Gasteiger partial charge in [-0.3, -0.25) is 0 Å². The van der Waals surface area contributed by atoms with Crippen molar-refractivity contribution in [1.29, 1.82) is 0 Å². The number of rotatable bonds is 2. The zero-order chi connectivity index (χ0) is 9.14. The average molecular weight is 188 g/mol. The molecule has 0 fully saturated rings. The maximum atomic E-state index is 12.6. The highest BCUT2D eigenvalue weighted by Gasteiger charge is 2.03. The minimum Gasteiger partial charge on any atom is -0.328 e. The van der Waals surface area contributed by atoms with E-state index in [0.717, 1.165) is 5.56 Å². The summed E-state index contributed by atoms with van der Waals surface area (Å²) in [6.45, 7) is 1.89. The van der Waals surface area contributed by atoms with Crippen molar-refractivity contribution in [3.8, 4) is 0 Å². The first-order valence-electron chi connectivity index (χ1n) is 3.79. The fraction of sp³-hybridized carbons (Fsp3) is 0.333. The molecule has 0 spiro atoms. The van der Waals surface area contributed by atoms with Crippen LogP contribution in [-0.2, 0) is 6.42 Å². The lowest BCUT2D eigenvalue weighted by Crippen LogP contribution is -2.17. The van der Waals surface area contributed by atoms with Gasteiger partial charge in [-0.15, -0.1) is 0 Å². The van der Waals surface area contributed by atoms with Gasteiger partial charge < -0.3 is 5.73 Å². The van der Waals surface area contributed by atoms with Crippen LogP contribution < -0.4 is 5.73 Å². The Hall–Kier alpha value is -0.600. The molecular formula is C9H11ClFN. The van der Waals surface area contributed by atoms with Crippen LogP contribution in [0.15, 0.2) is 18.2 Å². The third-order valence-electron chi connectivity index (χ3n) is 1.56. The lowest BCUT2D eigenvalue weighted by molar-refractivity contribution is 0.626. The third kappa shape index (κ3) is 2.47. The highest BCUT2D eigenvalue weighted by atomic mass is 35.5. The van der Waals surface area contributed by atoms with Gasteiger partial charge in [0.25, 0.3) is 0 Å². The van der Waals surface area contributed by atoms with Gasteiger partial charge in [0.1, 0.15) is 5.82 Å². The van der Waals surface area contributed by atoms with E-state index in [9.17, 15) is 4.39 Å². The van der Waals surface area contributed by atoms with E-state index in [2.05, 4.69) is 0 Å². The van der Waals surface area contributed by atoms with E-state index in [4.69, 9.17) is 17.3 Å². The molecule has 2 N–H and O–H groups in total. The second-order valence-corrected chi connectivity index (χ2v) is 3.32. The van der Waals surface area contributed by atoms with Crippen LogP contribution in [-0.4, -0.2) is 6.04 Å². The number of benzene rings is 1. The van der Waals surface area contributed by atoms with Gasteiger partial charge in [-0.2, -0.15) is 0 Å². The van der Waals surface area contributed by atoms with Gasteiger partial charge >= 0.3 is 0 Å². The summed E-state index contributed by atoms with van der Waals surface area (Å²) in [5.74, 6) is -0.312. The van der Waals surface area contributed by atoms with E-state index in [1.807, 2.05) is 6.92 Å². The molecule has 0 radical (unpaired) electrons. The second-order valence-electron chi connectivity index (χ2n) is 2.92. The molecule has 1 aromatic carbocycles. The standard InChI is InChI=1S/C9H11ClFN/c1-6(12)4-7-2-3-8(11)5-9(7)10/h2-3,5-6H,4,12H2,1H3/t6-/m1/s1. The highest BCUT2D eigenvalue weighted by Crippen LogP contribution is 2.18. The molecule has 0 bridgehead atoms. The second kappa shape index (κ2) is 3.87. The quantitative estimate of drug-likeness (QED) is 0.756. The van der Waals surface area contributed by atoms with Crippen molar-refractivity contribution >= 4 is 11.6 Å². The molecule has 0 amide bonds. The minimum absolute atomic E-state index is 0.0490. The Balaban J connectivity index is 2.86. The van der Waals surface area contributed by atoms with Crippen LogP contribution in [0.3, 0.4) is 0 Å². The maximum absolute atomic E-state index is 12.6. The molecule has 0 heterocycles. The van der Waals surface area contributed by atoms with Crippen LogP contribution in [0.1, 0.15) is 12.5 Å². The van der Waals surface area contributed by atoms with Gasteiger partial charge in [0.05, 0.1) is 0 Å². The monoisotopic (exact) mass is 187 g/mol. The van der Waals surface area contributed by atoms with Crippen LogP contribution in [0.2, 0.25) is 5.02 Å². The summed E-state index contributed by atoms with van der Waals surface area (Å²) in [6, 6.07) is 4.41. The number of nitrogens with two attached hydrogens (primary N) is 1. The summed E-state index contributed by atoms with van der Waals surface area (Å²) in [5, 5.41) is 0.451. The first-order valence-corrected chi connectivity index (χ1v) is 4.17. The molecule has 1 atom stereocenters. The fourth-order valence-electron chi connectivity index (χ4n) is 1.03. The molecule has 0 aliphatic carbocycles. The van der Waals surface area contributed by atoms with Gasteiger partial charge in [0.2, 0.25) is 0 Å². The summed E-state index contributed by atoms with van der Waals surface area (Å²) >= 11 is 5.78. The van der Waals surface area contributed by atoms with Gasteiger partial charge in [0, 0.05) is 11.1 Å². The van der Waals surface area contributed by atoms with E-state index < -0.39 is 0 Å². The van der Waals surface area contributed by atoms with E-state index in [-0.39, 0.29) is 11.9 Å². The molecule has 66 valence electrons. The van der Waals surface area contributed by atoms with Crippen LogP contribution in [0.5, 0.6) is 0 Å². The third-order valence-corrected chi connectivity index (χ3v) is 1.91. The topological polar surface area (TPSA) is 26.0 Å². The SMILES string of the molecule is C[C@@H](N)Cc1ccc(F)cc1Cl.